The summed E-state index contributed by atoms with van der Waals surface area (Å²) in [6.07, 6.45) is 2.36. The number of benzene rings is 3. The summed E-state index contributed by atoms with van der Waals surface area (Å²) in [6, 6.07) is 30.1. The summed E-state index contributed by atoms with van der Waals surface area (Å²) in [4.78, 5) is 0. The van der Waals surface area contributed by atoms with Crippen molar-refractivity contribution >= 4 is 17.9 Å². The Morgan fingerprint density at radius 3 is 1.81 bits per heavy atom. The molecule has 1 N–H and O–H groups in total. The second-order valence-corrected chi connectivity index (χ2v) is 11.2. The van der Waals surface area contributed by atoms with Gasteiger partial charge in [-0.1, -0.05) is 78.6 Å². The van der Waals surface area contributed by atoms with Crippen LogP contribution in [-0.4, -0.2) is 22.9 Å². The maximum Gasteiger partial charge on any atom is 0.208 e. The van der Waals surface area contributed by atoms with E-state index in [1.54, 1.807) is 0 Å². The van der Waals surface area contributed by atoms with E-state index in [1.165, 1.54) is 18.4 Å². The quantitative estimate of drug-likeness (QED) is 0.450. The van der Waals surface area contributed by atoms with Gasteiger partial charge in [0.2, 0.25) is 7.29 Å². The highest BCUT2D eigenvalue weighted by molar-refractivity contribution is 7.76. The lowest BCUT2D eigenvalue weighted by molar-refractivity contribution is 0.285. The normalized spacial score (nSPS) is 22.2. The van der Waals surface area contributed by atoms with E-state index in [9.17, 15) is 5.11 Å². The Kier molecular flexibility index (Phi) is 5.32. The van der Waals surface area contributed by atoms with Crippen molar-refractivity contribution in [3.63, 3.8) is 0 Å². The fourth-order valence-corrected chi connectivity index (χ4v) is 7.88. The van der Waals surface area contributed by atoms with Gasteiger partial charge in [0.05, 0.1) is 6.54 Å². The summed E-state index contributed by atoms with van der Waals surface area (Å²) in [5.41, 5.74) is 1.39. The van der Waals surface area contributed by atoms with E-state index in [0.29, 0.717) is 12.5 Å². The summed E-state index contributed by atoms with van der Waals surface area (Å²) < 4.78 is 17.4. The Labute approximate surface area is 184 Å². The molecule has 3 nitrogen and oxygen atoms in total. The third-order valence-corrected chi connectivity index (χ3v) is 9.81. The Bertz CT molecular complexity index is 1100. The third-order valence-electron chi connectivity index (χ3n) is 6.72. The van der Waals surface area contributed by atoms with E-state index in [-0.39, 0.29) is 18.1 Å². The molecule has 0 aromatic heterocycles. The predicted octanol–water partition coefficient (Wildman–Crippen LogP) is 4.36. The van der Waals surface area contributed by atoms with Gasteiger partial charge >= 0.3 is 0 Å². The molecule has 0 saturated heterocycles. The first-order chi connectivity index (χ1) is 15.2. The number of aliphatic hydroxyl groups excluding tert-OH is 1. The lowest BCUT2D eigenvalue weighted by Crippen LogP contribution is -2.37. The molecule has 4 heteroatoms. The van der Waals surface area contributed by atoms with Crippen LogP contribution in [0.5, 0.6) is 0 Å². The van der Waals surface area contributed by atoms with Crippen LogP contribution in [0.2, 0.25) is 0 Å². The maximum atomic E-state index is 15.2. The zero-order chi connectivity index (χ0) is 21.3. The van der Waals surface area contributed by atoms with Crippen molar-refractivity contribution in [2.24, 2.45) is 11.3 Å². The van der Waals surface area contributed by atoms with Crippen molar-refractivity contribution in [1.82, 2.24) is 4.67 Å². The van der Waals surface area contributed by atoms with Crippen LogP contribution in [-0.2, 0) is 4.57 Å². The van der Waals surface area contributed by atoms with E-state index in [4.69, 9.17) is 0 Å². The number of nitrogens with zero attached hydrogens (tertiary/aromatic N) is 1. The smallest absolute Gasteiger partial charge is 0.208 e. The van der Waals surface area contributed by atoms with Crippen molar-refractivity contribution < 1.29 is 9.67 Å². The molecule has 2 aliphatic carbocycles. The lowest BCUT2D eigenvalue weighted by atomic mass is 9.96. The molecule has 2 saturated carbocycles. The molecule has 3 aromatic carbocycles. The van der Waals surface area contributed by atoms with Gasteiger partial charge in [-0.3, -0.25) is 4.57 Å². The summed E-state index contributed by atoms with van der Waals surface area (Å²) >= 11 is 0. The molecule has 0 bridgehead atoms. The molecule has 5 rings (SSSR count). The largest absolute Gasteiger partial charge is 0.384 e. The summed E-state index contributed by atoms with van der Waals surface area (Å²) in [6.45, 7) is 0.147. The van der Waals surface area contributed by atoms with Gasteiger partial charge in [0.25, 0.3) is 0 Å². The Balaban J connectivity index is 1.71. The monoisotopic (exact) mass is 427 g/mol. The third kappa shape index (κ3) is 3.56. The van der Waals surface area contributed by atoms with E-state index < -0.39 is 7.29 Å². The van der Waals surface area contributed by atoms with Gasteiger partial charge in [0.1, 0.15) is 6.61 Å². The fraction of sp³-hybridized carbons (Fsp3) is 0.259. The average Bonchev–Trinajstić information content (AvgIpc) is 3.71. The SMILES string of the molecule is O=P(c1ccccc1)(c1ccccc1)N(CC#CCO)C(c1ccccc1)C12CC1C2. The van der Waals surface area contributed by atoms with Crippen molar-refractivity contribution in [3.05, 3.63) is 96.6 Å². The summed E-state index contributed by atoms with van der Waals surface area (Å²) in [5, 5.41) is 10.9. The van der Waals surface area contributed by atoms with Gasteiger partial charge in [-0.05, 0) is 54.0 Å². The van der Waals surface area contributed by atoms with Gasteiger partial charge in [-0.15, -0.1) is 0 Å². The van der Waals surface area contributed by atoms with E-state index in [0.717, 1.165) is 10.6 Å². The molecule has 0 spiro atoms. The van der Waals surface area contributed by atoms with Gasteiger partial charge < -0.3 is 5.11 Å². The standard InChI is InChI=1S/C27H26NO2P/c29-19-11-10-18-28(26(27-20-23(27)21-27)22-12-4-1-5-13-22)31(30,24-14-6-2-7-15-24)25-16-8-3-9-17-25/h1-9,12-17,23,26,29H,18-21H2. The molecule has 3 aromatic rings. The fourth-order valence-electron chi connectivity index (χ4n) is 4.87. The molecule has 156 valence electrons. The minimum Gasteiger partial charge on any atom is -0.384 e. The van der Waals surface area contributed by atoms with Crippen molar-refractivity contribution in [1.29, 1.82) is 0 Å². The minimum absolute atomic E-state index is 0.0259. The number of hydrogen-bond donors (Lipinski definition) is 1. The van der Waals surface area contributed by atoms with Crippen LogP contribution >= 0.6 is 7.29 Å². The Morgan fingerprint density at radius 1 is 0.871 bits per heavy atom. The van der Waals surface area contributed by atoms with Crippen molar-refractivity contribution in [2.45, 2.75) is 18.9 Å². The average molecular weight is 427 g/mol. The molecular formula is C27H26NO2P. The molecule has 1 atom stereocenters. The molecule has 0 aliphatic heterocycles. The number of aliphatic hydroxyl groups is 1. The van der Waals surface area contributed by atoms with Gasteiger partial charge in [0.15, 0.2) is 0 Å². The van der Waals surface area contributed by atoms with Crippen LogP contribution in [0.1, 0.15) is 24.4 Å². The summed E-state index contributed by atoms with van der Waals surface area (Å²) in [7, 11) is -3.18. The molecular weight excluding hydrogens is 401 g/mol. The van der Waals surface area contributed by atoms with E-state index in [2.05, 4.69) is 40.8 Å². The predicted molar refractivity (Wildman–Crippen MR) is 126 cm³/mol. The molecule has 0 radical (unpaired) electrons. The topological polar surface area (TPSA) is 40.5 Å². The number of rotatable bonds is 7. The van der Waals surface area contributed by atoms with E-state index >= 15 is 4.57 Å². The molecule has 1 unspecified atom stereocenters. The van der Waals surface area contributed by atoms with Crippen LogP contribution in [0.3, 0.4) is 0 Å². The Morgan fingerprint density at radius 2 is 1.35 bits per heavy atom. The molecule has 31 heavy (non-hydrogen) atoms. The van der Waals surface area contributed by atoms with Gasteiger partial charge in [-0.2, -0.15) is 0 Å². The zero-order valence-electron chi connectivity index (χ0n) is 17.4. The zero-order valence-corrected chi connectivity index (χ0v) is 18.3. The second kappa shape index (κ2) is 8.13. The summed E-state index contributed by atoms with van der Waals surface area (Å²) in [5.74, 6) is 6.60. The first kappa shape index (κ1) is 20.3. The first-order valence-electron chi connectivity index (χ1n) is 10.8. The second-order valence-electron chi connectivity index (χ2n) is 8.51. The molecule has 0 heterocycles. The Hall–Kier alpha value is -2.63. The number of fused-ring (bicyclic) bond motifs is 1. The minimum atomic E-state index is -3.18. The molecule has 0 amide bonds. The van der Waals surface area contributed by atoms with Crippen LogP contribution in [0.25, 0.3) is 0 Å². The van der Waals surface area contributed by atoms with Crippen LogP contribution < -0.4 is 10.6 Å². The van der Waals surface area contributed by atoms with Gasteiger partial charge in [0, 0.05) is 16.7 Å². The molecule has 2 fully saturated rings. The van der Waals surface area contributed by atoms with E-state index in [1.807, 2.05) is 66.7 Å². The highest BCUT2D eigenvalue weighted by Gasteiger charge is 2.75. The molecule has 2 aliphatic rings. The van der Waals surface area contributed by atoms with Crippen LogP contribution in [0.15, 0.2) is 91.0 Å². The van der Waals surface area contributed by atoms with Crippen LogP contribution in [0, 0.1) is 23.2 Å². The highest BCUT2D eigenvalue weighted by atomic mass is 31.2. The lowest BCUT2D eigenvalue weighted by Gasteiger charge is -2.39. The number of hydrogen-bond acceptors (Lipinski definition) is 2. The van der Waals surface area contributed by atoms with Crippen molar-refractivity contribution in [2.75, 3.05) is 13.2 Å². The van der Waals surface area contributed by atoms with Gasteiger partial charge in [-0.25, -0.2) is 4.67 Å². The first-order valence-corrected chi connectivity index (χ1v) is 12.5. The van der Waals surface area contributed by atoms with Crippen molar-refractivity contribution in [3.8, 4) is 11.8 Å². The highest BCUT2D eigenvalue weighted by Crippen LogP contribution is 2.82. The maximum absolute atomic E-state index is 15.2. The van der Waals surface area contributed by atoms with Crippen LogP contribution in [0.4, 0.5) is 0 Å².